The van der Waals surface area contributed by atoms with E-state index in [2.05, 4.69) is 4.72 Å². The van der Waals surface area contributed by atoms with Gasteiger partial charge in [-0.15, -0.1) is 0 Å². The van der Waals surface area contributed by atoms with E-state index in [-0.39, 0.29) is 13.1 Å². The zero-order valence-electron chi connectivity index (χ0n) is 10.7. The highest BCUT2D eigenvalue weighted by Gasteiger charge is 2.40. The zero-order chi connectivity index (χ0) is 14.1. The van der Waals surface area contributed by atoms with Crippen molar-refractivity contribution >= 4 is 16.2 Å². The van der Waals surface area contributed by atoms with Crippen LogP contribution in [0.3, 0.4) is 0 Å². The molecule has 3 N–H and O–H groups in total. The molecular formula is C11H20N2O5S. The zero-order valence-corrected chi connectivity index (χ0v) is 11.5. The van der Waals surface area contributed by atoms with Crippen LogP contribution in [0, 0.1) is 0 Å². The Labute approximate surface area is 112 Å². The molecule has 0 amide bonds. The minimum Gasteiger partial charge on any atom is -0.480 e. The van der Waals surface area contributed by atoms with Gasteiger partial charge in [0.25, 0.3) is 10.2 Å². The average Bonchev–Trinajstić information content (AvgIpc) is 2.34. The molecule has 1 aliphatic heterocycles. The first-order chi connectivity index (χ1) is 8.84. The lowest BCUT2D eigenvalue weighted by molar-refractivity contribution is -0.142. The second kappa shape index (κ2) is 5.35. The number of hydrogen-bond acceptors (Lipinski definition) is 4. The van der Waals surface area contributed by atoms with Gasteiger partial charge in [-0.3, -0.25) is 4.79 Å². The molecule has 1 saturated heterocycles. The Balaban J connectivity index is 2.02. The smallest absolute Gasteiger partial charge is 0.322 e. The molecule has 1 unspecified atom stereocenters. The van der Waals surface area contributed by atoms with E-state index in [1.54, 1.807) is 0 Å². The molecule has 19 heavy (non-hydrogen) atoms. The van der Waals surface area contributed by atoms with Gasteiger partial charge in [-0.2, -0.15) is 17.4 Å². The molecule has 2 aliphatic rings. The molecule has 0 aromatic carbocycles. The van der Waals surface area contributed by atoms with E-state index in [9.17, 15) is 18.3 Å². The lowest BCUT2D eigenvalue weighted by Gasteiger charge is -2.38. The molecule has 1 saturated carbocycles. The number of carbonyl (C=O) groups is 1. The highest BCUT2D eigenvalue weighted by Crippen LogP contribution is 2.31. The van der Waals surface area contributed by atoms with Gasteiger partial charge in [0.1, 0.15) is 6.04 Å². The summed E-state index contributed by atoms with van der Waals surface area (Å²) < 4.78 is 27.6. The maximum atomic E-state index is 12.1. The fraction of sp³-hybridized carbons (Fsp3) is 0.909. The summed E-state index contributed by atoms with van der Waals surface area (Å²) >= 11 is 0. The van der Waals surface area contributed by atoms with Crippen molar-refractivity contribution < 1.29 is 23.4 Å². The van der Waals surface area contributed by atoms with Crippen LogP contribution in [0.15, 0.2) is 0 Å². The largest absolute Gasteiger partial charge is 0.480 e. The summed E-state index contributed by atoms with van der Waals surface area (Å²) in [5.74, 6) is -1.12. The lowest BCUT2D eigenvalue weighted by atomic mass is 9.81. The fourth-order valence-electron chi connectivity index (χ4n) is 2.51. The summed E-state index contributed by atoms with van der Waals surface area (Å²) in [5, 5.41) is 19.0. The molecule has 2 rings (SSSR count). The second-order valence-corrected chi connectivity index (χ2v) is 7.07. The van der Waals surface area contributed by atoms with E-state index in [4.69, 9.17) is 5.11 Å². The summed E-state index contributed by atoms with van der Waals surface area (Å²) in [6, 6.07) is -0.998. The minimum atomic E-state index is -3.84. The molecular weight excluding hydrogens is 272 g/mol. The van der Waals surface area contributed by atoms with Crippen LogP contribution in [-0.4, -0.2) is 53.6 Å². The van der Waals surface area contributed by atoms with Crippen molar-refractivity contribution in [1.82, 2.24) is 9.03 Å². The number of hydrogen-bond donors (Lipinski definition) is 3. The molecule has 2 fully saturated rings. The molecule has 0 spiro atoms. The molecule has 1 aliphatic carbocycles. The monoisotopic (exact) mass is 292 g/mol. The predicted octanol–water partition coefficient (Wildman–Crippen LogP) is -0.325. The van der Waals surface area contributed by atoms with Gasteiger partial charge in [0.2, 0.25) is 0 Å². The fourth-order valence-corrected chi connectivity index (χ4v) is 4.03. The highest BCUT2D eigenvalue weighted by atomic mass is 32.2. The first kappa shape index (κ1) is 14.7. The van der Waals surface area contributed by atoms with Crippen molar-refractivity contribution in [2.24, 2.45) is 0 Å². The average molecular weight is 292 g/mol. The van der Waals surface area contributed by atoms with Crippen LogP contribution in [-0.2, 0) is 15.0 Å². The molecule has 0 aromatic heterocycles. The Morgan fingerprint density at radius 1 is 1.32 bits per heavy atom. The van der Waals surface area contributed by atoms with E-state index in [0.29, 0.717) is 32.1 Å². The Kier molecular flexibility index (Phi) is 4.14. The molecule has 0 radical (unpaired) electrons. The Bertz CT molecular complexity index is 446. The van der Waals surface area contributed by atoms with Gasteiger partial charge >= 0.3 is 5.97 Å². The molecule has 110 valence electrons. The highest BCUT2D eigenvalue weighted by molar-refractivity contribution is 7.87. The third kappa shape index (κ3) is 3.25. The molecule has 0 bridgehead atoms. The summed E-state index contributed by atoms with van der Waals surface area (Å²) in [7, 11) is -3.84. The van der Waals surface area contributed by atoms with Crippen molar-refractivity contribution in [3.63, 3.8) is 0 Å². The summed E-state index contributed by atoms with van der Waals surface area (Å²) in [5.41, 5.74) is -0.957. The maximum absolute atomic E-state index is 12.1. The third-order valence-corrected chi connectivity index (χ3v) is 5.48. The van der Waals surface area contributed by atoms with Crippen molar-refractivity contribution in [2.75, 3.05) is 13.1 Å². The van der Waals surface area contributed by atoms with Crippen LogP contribution in [0.2, 0.25) is 0 Å². The molecule has 8 heteroatoms. The van der Waals surface area contributed by atoms with Crippen molar-refractivity contribution in [3.8, 4) is 0 Å². The van der Waals surface area contributed by atoms with Gasteiger partial charge < -0.3 is 10.2 Å². The lowest BCUT2D eigenvalue weighted by Crippen LogP contribution is -2.55. The molecule has 0 aromatic rings. The van der Waals surface area contributed by atoms with E-state index >= 15 is 0 Å². The normalized spacial score (nSPS) is 27.7. The number of rotatable bonds is 5. The molecule has 7 nitrogen and oxygen atoms in total. The quantitative estimate of drug-likeness (QED) is 0.643. The van der Waals surface area contributed by atoms with Crippen LogP contribution in [0.1, 0.15) is 38.5 Å². The number of aliphatic carboxylic acids is 1. The first-order valence-electron chi connectivity index (χ1n) is 6.56. The summed E-state index contributed by atoms with van der Waals surface area (Å²) in [6.45, 7) is 0.170. The van der Waals surface area contributed by atoms with Gasteiger partial charge in [-0.1, -0.05) is 0 Å². The van der Waals surface area contributed by atoms with Crippen molar-refractivity contribution in [2.45, 2.75) is 50.2 Å². The van der Waals surface area contributed by atoms with Gasteiger partial charge in [0.15, 0.2) is 0 Å². The van der Waals surface area contributed by atoms with Crippen LogP contribution < -0.4 is 4.72 Å². The Morgan fingerprint density at radius 2 is 2.00 bits per heavy atom. The minimum absolute atomic E-state index is 0.0435. The SMILES string of the molecule is O=C(O)C1CCCCN1S(=O)(=O)NCC1(O)CCC1. The van der Waals surface area contributed by atoms with Crippen molar-refractivity contribution in [1.29, 1.82) is 0 Å². The Morgan fingerprint density at radius 3 is 2.53 bits per heavy atom. The molecule has 1 heterocycles. The third-order valence-electron chi connectivity index (χ3n) is 3.92. The number of carboxylic acid groups (broad SMARTS) is 1. The number of nitrogens with zero attached hydrogens (tertiary/aromatic N) is 1. The van der Waals surface area contributed by atoms with E-state index in [1.807, 2.05) is 0 Å². The standard InChI is InChI=1S/C11H20N2O5S/c14-10(15)9-4-1-2-7-13(9)19(17,18)12-8-11(16)5-3-6-11/h9,12,16H,1-8H2,(H,14,15). The van der Waals surface area contributed by atoms with E-state index in [1.165, 1.54) is 0 Å². The van der Waals surface area contributed by atoms with E-state index in [0.717, 1.165) is 10.7 Å². The molecule has 1 atom stereocenters. The number of piperidine rings is 1. The Hall–Kier alpha value is -0.700. The maximum Gasteiger partial charge on any atom is 0.322 e. The summed E-state index contributed by atoms with van der Waals surface area (Å²) in [4.78, 5) is 11.1. The number of nitrogens with one attached hydrogen (secondary N) is 1. The second-order valence-electron chi connectivity index (χ2n) is 5.36. The number of aliphatic hydroxyl groups is 1. The topological polar surface area (TPSA) is 107 Å². The van der Waals surface area contributed by atoms with Gasteiger partial charge in [-0.25, -0.2) is 0 Å². The first-order valence-corrected chi connectivity index (χ1v) is 8.00. The predicted molar refractivity (Wildman–Crippen MR) is 67.7 cm³/mol. The van der Waals surface area contributed by atoms with Crippen LogP contribution in [0.5, 0.6) is 0 Å². The van der Waals surface area contributed by atoms with E-state index < -0.39 is 27.8 Å². The van der Waals surface area contributed by atoms with Crippen LogP contribution in [0.25, 0.3) is 0 Å². The van der Waals surface area contributed by atoms with Crippen LogP contribution in [0.4, 0.5) is 0 Å². The van der Waals surface area contributed by atoms with Gasteiger partial charge in [-0.05, 0) is 38.5 Å². The van der Waals surface area contributed by atoms with Crippen LogP contribution >= 0.6 is 0 Å². The van der Waals surface area contributed by atoms with Gasteiger partial charge in [0.05, 0.1) is 5.60 Å². The summed E-state index contributed by atoms with van der Waals surface area (Å²) in [6.07, 6.45) is 3.76. The number of carboxylic acids is 1. The van der Waals surface area contributed by atoms with Crippen molar-refractivity contribution in [3.05, 3.63) is 0 Å². The van der Waals surface area contributed by atoms with Gasteiger partial charge in [0, 0.05) is 13.1 Å².